The average Bonchev–Trinajstić information content (AvgIpc) is 2.94. The van der Waals surface area contributed by atoms with Gasteiger partial charge in [-0.25, -0.2) is 0 Å². The highest BCUT2D eigenvalue weighted by Crippen LogP contribution is 2.37. The summed E-state index contributed by atoms with van der Waals surface area (Å²) < 4.78 is 5.05. The largest absolute Gasteiger partial charge is 0.490 e. The monoisotopic (exact) mass is 293 g/mol. The van der Waals surface area contributed by atoms with Crippen LogP contribution in [0.4, 0.5) is 11.4 Å². The molecule has 1 amide bonds. The van der Waals surface area contributed by atoms with E-state index in [2.05, 4.69) is 10.6 Å². The van der Waals surface area contributed by atoms with E-state index in [1.807, 2.05) is 0 Å². The number of hydrogen-bond acceptors (Lipinski definition) is 5. The molecule has 2 atom stereocenters. The van der Waals surface area contributed by atoms with E-state index in [1.165, 1.54) is 7.11 Å². The van der Waals surface area contributed by atoms with Crippen LogP contribution in [0.1, 0.15) is 19.3 Å². The van der Waals surface area contributed by atoms with Gasteiger partial charge in [-0.1, -0.05) is 12.5 Å². The Morgan fingerprint density at radius 2 is 2.19 bits per heavy atom. The summed E-state index contributed by atoms with van der Waals surface area (Å²) >= 11 is 0. The zero-order valence-electron chi connectivity index (χ0n) is 12.1. The van der Waals surface area contributed by atoms with Gasteiger partial charge in [-0.05, 0) is 25.0 Å². The number of nitro groups is 1. The molecule has 1 aliphatic rings. The molecule has 2 rings (SSSR count). The van der Waals surface area contributed by atoms with Crippen molar-refractivity contribution in [3.05, 3.63) is 28.3 Å². The van der Waals surface area contributed by atoms with E-state index in [-0.39, 0.29) is 29.3 Å². The van der Waals surface area contributed by atoms with E-state index >= 15 is 0 Å². The number of methoxy groups -OCH3 is 1. The van der Waals surface area contributed by atoms with Crippen LogP contribution >= 0.6 is 0 Å². The molecule has 114 valence electrons. The lowest BCUT2D eigenvalue weighted by Gasteiger charge is -2.21. The van der Waals surface area contributed by atoms with Crippen molar-refractivity contribution in [1.82, 2.24) is 5.32 Å². The highest BCUT2D eigenvalue weighted by molar-refractivity contribution is 5.80. The van der Waals surface area contributed by atoms with Gasteiger partial charge in [0.25, 0.3) is 0 Å². The number of nitrogens with zero attached hydrogens (tertiary/aromatic N) is 1. The number of anilines is 1. The fraction of sp³-hybridized carbons (Fsp3) is 0.500. The SMILES string of the molecule is CNC(=O)[C@H]1CCC[C@@H]1Nc1cccc(OC)c1[N+](=O)[O-]. The van der Waals surface area contributed by atoms with Crippen molar-refractivity contribution in [3.8, 4) is 5.75 Å². The molecule has 1 aliphatic carbocycles. The van der Waals surface area contributed by atoms with Gasteiger partial charge in [0.15, 0.2) is 5.75 Å². The average molecular weight is 293 g/mol. The summed E-state index contributed by atoms with van der Waals surface area (Å²) in [4.78, 5) is 22.6. The van der Waals surface area contributed by atoms with Gasteiger partial charge in [-0.2, -0.15) is 0 Å². The van der Waals surface area contributed by atoms with Gasteiger partial charge < -0.3 is 15.4 Å². The number of nitrogens with one attached hydrogen (secondary N) is 2. The lowest BCUT2D eigenvalue weighted by Crippen LogP contribution is -2.36. The van der Waals surface area contributed by atoms with Crippen LogP contribution in [0, 0.1) is 16.0 Å². The molecule has 0 saturated heterocycles. The summed E-state index contributed by atoms with van der Waals surface area (Å²) in [5.41, 5.74) is 0.294. The standard InChI is InChI=1S/C14H19N3O4/c1-15-14(18)9-5-3-6-10(9)16-11-7-4-8-12(21-2)13(11)17(19)20/h4,7-10,16H,3,5-6H2,1-2H3,(H,15,18)/t9-,10-/m0/s1. The van der Waals surface area contributed by atoms with Gasteiger partial charge in [0.2, 0.25) is 5.91 Å². The van der Waals surface area contributed by atoms with Crippen molar-refractivity contribution in [3.63, 3.8) is 0 Å². The number of para-hydroxylation sites is 1. The van der Waals surface area contributed by atoms with Gasteiger partial charge in [0.1, 0.15) is 5.69 Å². The van der Waals surface area contributed by atoms with Crippen molar-refractivity contribution >= 4 is 17.3 Å². The Morgan fingerprint density at radius 1 is 1.43 bits per heavy atom. The first-order chi connectivity index (χ1) is 10.1. The third-order valence-corrected chi connectivity index (χ3v) is 3.84. The summed E-state index contributed by atoms with van der Waals surface area (Å²) in [6.07, 6.45) is 2.52. The Kier molecular flexibility index (Phi) is 4.62. The lowest BCUT2D eigenvalue weighted by atomic mass is 10.0. The third-order valence-electron chi connectivity index (χ3n) is 3.84. The normalized spacial score (nSPS) is 20.9. The van der Waals surface area contributed by atoms with Gasteiger partial charge in [0, 0.05) is 13.1 Å². The maximum atomic E-state index is 11.8. The van der Waals surface area contributed by atoms with E-state index in [9.17, 15) is 14.9 Å². The summed E-state index contributed by atoms with van der Waals surface area (Å²) in [6, 6.07) is 4.78. The summed E-state index contributed by atoms with van der Waals surface area (Å²) in [5, 5.41) is 17.0. The highest BCUT2D eigenvalue weighted by atomic mass is 16.6. The molecule has 0 aliphatic heterocycles. The van der Waals surface area contributed by atoms with E-state index in [0.717, 1.165) is 19.3 Å². The number of rotatable bonds is 5. The third kappa shape index (κ3) is 3.07. The number of ether oxygens (including phenoxy) is 1. The molecule has 0 unspecified atom stereocenters. The Morgan fingerprint density at radius 3 is 2.81 bits per heavy atom. The van der Waals surface area contributed by atoms with Crippen molar-refractivity contribution in [2.45, 2.75) is 25.3 Å². The minimum atomic E-state index is -0.467. The molecule has 1 fully saturated rings. The van der Waals surface area contributed by atoms with Crippen molar-refractivity contribution in [2.75, 3.05) is 19.5 Å². The molecule has 7 heteroatoms. The minimum Gasteiger partial charge on any atom is -0.490 e. The first kappa shape index (κ1) is 15.1. The van der Waals surface area contributed by atoms with Crippen molar-refractivity contribution < 1.29 is 14.5 Å². The molecular weight excluding hydrogens is 274 g/mol. The van der Waals surface area contributed by atoms with Gasteiger partial charge in [-0.15, -0.1) is 0 Å². The van der Waals surface area contributed by atoms with Crippen LogP contribution in [-0.2, 0) is 4.79 Å². The van der Waals surface area contributed by atoms with E-state index < -0.39 is 4.92 Å². The molecule has 0 radical (unpaired) electrons. The number of nitro benzene ring substituents is 1. The fourth-order valence-electron chi connectivity index (χ4n) is 2.82. The van der Waals surface area contributed by atoms with Crippen molar-refractivity contribution in [2.24, 2.45) is 5.92 Å². The fourth-order valence-corrected chi connectivity index (χ4v) is 2.82. The van der Waals surface area contributed by atoms with Crippen LogP contribution in [0.15, 0.2) is 18.2 Å². The Balaban J connectivity index is 2.27. The maximum Gasteiger partial charge on any atom is 0.333 e. The molecule has 0 bridgehead atoms. The number of benzene rings is 1. The first-order valence-electron chi connectivity index (χ1n) is 6.88. The second-order valence-electron chi connectivity index (χ2n) is 5.02. The van der Waals surface area contributed by atoms with Crippen LogP contribution in [-0.4, -0.2) is 31.0 Å². The number of carbonyl (C=O) groups excluding carboxylic acids is 1. The molecule has 2 N–H and O–H groups in total. The van der Waals surface area contributed by atoms with E-state index in [1.54, 1.807) is 25.2 Å². The van der Waals surface area contributed by atoms with E-state index in [0.29, 0.717) is 5.69 Å². The topological polar surface area (TPSA) is 93.5 Å². The zero-order valence-corrected chi connectivity index (χ0v) is 12.1. The predicted molar refractivity (Wildman–Crippen MR) is 78.5 cm³/mol. The summed E-state index contributed by atoms with van der Waals surface area (Å²) in [6.45, 7) is 0. The number of hydrogen-bond donors (Lipinski definition) is 2. The Bertz CT molecular complexity index is 547. The molecule has 7 nitrogen and oxygen atoms in total. The highest BCUT2D eigenvalue weighted by Gasteiger charge is 2.34. The molecule has 1 saturated carbocycles. The van der Waals surface area contributed by atoms with Crippen LogP contribution in [0.5, 0.6) is 5.75 Å². The number of carbonyl (C=O) groups is 1. The van der Waals surface area contributed by atoms with E-state index in [4.69, 9.17) is 4.74 Å². The second-order valence-corrected chi connectivity index (χ2v) is 5.02. The molecule has 21 heavy (non-hydrogen) atoms. The van der Waals surface area contributed by atoms with Crippen LogP contribution in [0.3, 0.4) is 0 Å². The van der Waals surface area contributed by atoms with Gasteiger partial charge in [-0.3, -0.25) is 14.9 Å². The second kappa shape index (κ2) is 6.43. The van der Waals surface area contributed by atoms with Crippen LogP contribution in [0.25, 0.3) is 0 Å². The van der Waals surface area contributed by atoms with Gasteiger partial charge in [0.05, 0.1) is 18.0 Å². The maximum absolute atomic E-state index is 11.8. The first-order valence-corrected chi connectivity index (χ1v) is 6.88. The molecule has 1 aromatic carbocycles. The summed E-state index contributed by atoms with van der Waals surface area (Å²) in [7, 11) is 3.00. The van der Waals surface area contributed by atoms with Crippen LogP contribution in [0.2, 0.25) is 0 Å². The molecule has 1 aromatic rings. The molecular formula is C14H19N3O4. The summed E-state index contributed by atoms with van der Waals surface area (Å²) in [5.74, 6) is 0.0100. The Hall–Kier alpha value is -2.31. The minimum absolute atomic E-state index is 0.0319. The van der Waals surface area contributed by atoms with Crippen molar-refractivity contribution in [1.29, 1.82) is 0 Å². The Labute approximate surface area is 122 Å². The number of amides is 1. The van der Waals surface area contributed by atoms with Gasteiger partial charge >= 0.3 is 5.69 Å². The molecule has 0 spiro atoms. The zero-order chi connectivity index (χ0) is 15.4. The van der Waals surface area contributed by atoms with Crippen LogP contribution < -0.4 is 15.4 Å². The smallest absolute Gasteiger partial charge is 0.333 e. The molecule has 0 heterocycles. The molecule has 0 aromatic heterocycles. The predicted octanol–water partition coefficient (Wildman–Crippen LogP) is 1.93. The lowest BCUT2D eigenvalue weighted by molar-refractivity contribution is -0.384. The quantitative estimate of drug-likeness (QED) is 0.639.